The van der Waals surface area contributed by atoms with E-state index in [2.05, 4.69) is 9.82 Å². The molecule has 0 saturated carbocycles. The summed E-state index contributed by atoms with van der Waals surface area (Å²) < 4.78 is 29.1. The van der Waals surface area contributed by atoms with Gasteiger partial charge in [-0.15, -0.1) is 0 Å². The predicted molar refractivity (Wildman–Crippen MR) is 79.0 cm³/mol. The first kappa shape index (κ1) is 14.4. The van der Waals surface area contributed by atoms with Crippen LogP contribution in [-0.2, 0) is 10.0 Å². The van der Waals surface area contributed by atoms with E-state index in [0.717, 1.165) is 0 Å². The molecule has 1 aromatic heterocycles. The fourth-order valence-corrected chi connectivity index (χ4v) is 3.45. The van der Waals surface area contributed by atoms with Crippen LogP contribution in [-0.4, -0.2) is 18.2 Å². The summed E-state index contributed by atoms with van der Waals surface area (Å²) in [6.45, 7) is 5.56. The van der Waals surface area contributed by atoms with E-state index in [1.165, 1.54) is 0 Å². The summed E-state index contributed by atoms with van der Waals surface area (Å²) in [4.78, 5) is 0.108. The van der Waals surface area contributed by atoms with Crippen LogP contribution in [0.5, 0.6) is 0 Å². The average Bonchev–Trinajstić information content (AvgIpc) is 2.75. The summed E-state index contributed by atoms with van der Waals surface area (Å²) in [6, 6.07) is 6.68. The fourth-order valence-electron chi connectivity index (χ4n) is 2.04. The molecular weight excluding hydrogens is 276 g/mol. The molecule has 2 rings (SSSR count). The van der Waals surface area contributed by atoms with Gasteiger partial charge in [-0.05, 0) is 32.4 Å². The van der Waals surface area contributed by atoms with Crippen molar-refractivity contribution in [1.82, 2.24) is 9.78 Å². The smallest absolute Gasteiger partial charge is 0.265 e. The lowest BCUT2D eigenvalue weighted by Gasteiger charge is -2.15. The van der Waals surface area contributed by atoms with Crippen molar-refractivity contribution in [2.45, 2.75) is 31.7 Å². The van der Waals surface area contributed by atoms with E-state index in [-0.39, 0.29) is 16.6 Å². The molecule has 20 heavy (non-hydrogen) atoms. The number of sulfonamides is 1. The number of benzene rings is 1. The van der Waals surface area contributed by atoms with Gasteiger partial charge < -0.3 is 5.73 Å². The molecule has 1 aromatic carbocycles. The van der Waals surface area contributed by atoms with Gasteiger partial charge in [-0.2, -0.15) is 5.10 Å². The molecular formula is C13H18N4O2S. The Bertz CT molecular complexity index is 699. The number of aryl methyl sites for hydroxylation is 1. The van der Waals surface area contributed by atoms with Crippen molar-refractivity contribution in [3.63, 3.8) is 0 Å². The lowest BCUT2D eigenvalue weighted by atomic mass is 10.2. The second-order valence-electron chi connectivity index (χ2n) is 4.85. The van der Waals surface area contributed by atoms with Crippen molar-refractivity contribution < 1.29 is 8.42 Å². The number of anilines is 2. The molecule has 0 aliphatic rings. The van der Waals surface area contributed by atoms with Crippen LogP contribution in [0, 0.1) is 6.92 Å². The first-order valence-electron chi connectivity index (χ1n) is 6.24. The van der Waals surface area contributed by atoms with Gasteiger partial charge in [0.05, 0.1) is 11.9 Å². The van der Waals surface area contributed by atoms with Gasteiger partial charge in [0, 0.05) is 12.1 Å². The van der Waals surface area contributed by atoms with E-state index in [1.807, 2.05) is 13.8 Å². The number of hydrogen-bond acceptors (Lipinski definition) is 4. The topological polar surface area (TPSA) is 90.0 Å². The maximum absolute atomic E-state index is 12.5. The van der Waals surface area contributed by atoms with E-state index < -0.39 is 10.0 Å². The third-order valence-electron chi connectivity index (χ3n) is 2.91. The van der Waals surface area contributed by atoms with E-state index in [0.29, 0.717) is 11.4 Å². The van der Waals surface area contributed by atoms with Crippen molar-refractivity contribution in [3.05, 3.63) is 36.0 Å². The summed E-state index contributed by atoms with van der Waals surface area (Å²) in [5.41, 5.74) is 6.63. The summed E-state index contributed by atoms with van der Waals surface area (Å²) in [5.74, 6) is 0.419. The molecule has 108 valence electrons. The van der Waals surface area contributed by atoms with Crippen LogP contribution >= 0.6 is 0 Å². The summed E-state index contributed by atoms with van der Waals surface area (Å²) in [7, 11) is -3.74. The van der Waals surface area contributed by atoms with Crippen LogP contribution in [0.1, 0.15) is 25.5 Å². The van der Waals surface area contributed by atoms with Gasteiger partial charge in [0.25, 0.3) is 10.0 Å². The molecule has 0 aliphatic carbocycles. The second kappa shape index (κ2) is 5.16. The standard InChI is InChI=1S/C13H18N4O2S/c1-9(2)17-12(7-8-15-17)16-20(18,19)13-10(3)5-4-6-11(13)14/h4-9,16H,14H2,1-3H3. The van der Waals surface area contributed by atoms with Crippen LogP contribution in [0.15, 0.2) is 35.4 Å². The highest BCUT2D eigenvalue weighted by Gasteiger charge is 2.21. The van der Waals surface area contributed by atoms with Gasteiger partial charge in [0.15, 0.2) is 0 Å². The van der Waals surface area contributed by atoms with Gasteiger partial charge in [0.2, 0.25) is 0 Å². The summed E-state index contributed by atoms with van der Waals surface area (Å²) >= 11 is 0. The molecule has 0 bridgehead atoms. The molecule has 0 fully saturated rings. The molecule has 0 atom stereocenters. The highest BCUT2D eigenvalue weighted by atomic mass is 32.2. The number of rotatable bonds is 4. The van der Waals surface area contributed by atoms with Crippen molar-refractivity contribution >= 4 is 21.5 Å². The quantitative estimate of drug-likeness (QED) is 0.845. The zero-order chi connectivity index (χ0) is 14.9. The SMILES string of the molecule is Cc1cccc(N)c1S(=O)(=O)Nc1ccnn1C(C)C. The maximum Gasteiger partial charge on any atom is 0.265 e. The third kappa shape index (κ3) is 2.62. The number of nitrogen functional groups attached to an aromatic ring is 1. The minimum absolute atomic E-state index is 0.0527. The van der Waals surface area contributed by atoms with Gasteiger partial charge in [-0.25, -0.2) is 13.1 Å². The molecule has 0 saturated heterocycles. The van der Waals surface area contributed by atoms with Crippen molar-refractivity contribution in [2.75, 3.05) is 10.5 Å². The minimum atomic E-state index is -3.74. The Hall–Kier alpha value is -2.02. The van der Waals surface area contributed by atoms with E-state index in [4.69, 9.17) is 5.73 Å². The Kier molecular flexibility index (Phi) is 3.71. The highest BCUT2D eigenvalue weighted by Crippen LogP contribution is 2.25. The molecule has 0 amide bonds. The maximum atomic E-state index is 12.5. The molecule has 0 spiro atoms. The van der Waals surface area contributed by atoms with Crippen LogP contribution < -0.4 is 10.5 Å². The Balaban J connectivity index is 2.44. The zero-order valence-corrected chi connectivity index (χ0v) is 12.5. The second-order valence-corrected chi connectivity index (χ2v) is 6.47. The molecule has 0 radical (unpaired) electrons. The summed E-state index contributed by atoms with van der Waals surface area (Å²) in [6.07, 6.45) is 1.55. The first-order valence-corrected chi connectivity index (χ1v) is 7.72. The first-order chi connectivity index (χ1) is 9.33. The van der Waals surface area contributed by atoms with E-state index in [9.17, 15) is 8.42 Å². The molecule has 1 heterocycles. The lowest BCUT2D eigenvalue weighted by Crippen LogP contribution is -2.19. The van der Waals surface area contributed by atoms with Crippen molar-refractivity contribution in [2.24, 2.45) is 0 Å². The largest absolute Gasteiger partial charge is 0.398 e. The summed E-state index contributed by atoms with van der Waals surface area (Å²) in [5, 5.41) is 4.10. The third-order valence-corrected chi connectivity index (χ3v) is 4.48. The molecule has 3 N–H and O–H groups in total. The van der Waals surface area contributed by atoms with E-state index >= 15 is 0 Å². The van der Waals surface area contributed by atoms with Crippen LogP contribution in [0.3, 0.4) is 0 Å². The monoisotopic (exact) mass is 294 g/mol. The van der Waals surface area contributed by atoms with Crippen LogP contribution in [0.2, 0.25) is 0 Å². The Morgan fingerprint density at radius 3 is 2.60 bits per heavy atom. The predicted octanol–water partition coefficient (Wildman–Crippen LogP) is 2.16. The van der Waals surface area contributed by atoms with Gasteiger partial charge >= 0.3 is 0 Å². The van der Waals surface area contributed by atoms with Crippen molar-refractivity contribution in [1.29, 1.82) is 0 Å². The van der Waals surface area contributed by atoms with Crippen molar-refractivity contribution in [3.8, 4) is 0 Å². The molecule has 2 aromatic rings. The van der Waals surface area contributed by atoms with Gasteiger partial charge in [0.1, 0.15) is 10.7 Å². The molecule has 0 aliphatic heterocycles. The zero-order valence-electron chi connectivity index (χ0n) is 11.7. The minimum Gasteiger partial charge on any atom is -0.398 e. The Morgan fingerprint density at radius 2 is 2.00 bits per heavy atom. The number of nitrogens with two attached hydrogens (primary N) is 1. The Morgan fingerprint density at radius 1 is 1.30 bits per heavy atom. The Labute approximate surface area is 118 Å². The number of nitrogens with one attached hydrogen (secondary N) is 1. The number of hydrogen-bond donors (Lipinski definition) is 2. The lowest BCUT2D eigenvalue weighted by molar-refractivity contribution is 0.539. The molecule has 6 nitrogen and oxygen atoms in total. The van der Waals surface area contributed by atoms with E-state index in [1.54, 1.807) is 42.1 Å². The van der Waals surface area contributed by atoms with Gasteiger partial charge in [-0.1, -0.05) is 12.1 Å². The fraction of sp³-hybridized carbons (Fsp3) is 0.308. The van der Waals surface area contributed by atoms with Crippen LogP contribution in [0.4, 0.5) is 11.5 Å². The number of aromatic nitrogens is 2. The molecule has 0 unspecified atom stereocenters. The van der Waals surface area contributed by atoms with Crippen LogP contribution in [0.25, 0.3) is 0 Å². The molecule has 7 heteroatoms. The number of nitrogens with zero attached hydrogens (tertiary/aromatic N) is 2. The van der Waals surface area contributed by atoms with Gasteiger partial charge in [-0.3, -0.25) is 4.72 Å². The highest BCUT2D eigenvalue weighted by molar-refractivity contribution is 7.93. The normalized spacial score (nSPS) is 11.8. The average molecular weight is 294 g/mol.